The van der Waals surface area contributed by atoms with E-state index in [9.17, 15) is 32.4 Å². The second kappa shape index (κ2) is 18.9. The summed E-state index contributed by atoms with van der Waals surface area (Å²) in [5.74, 6) is -3.35. The van der Waals surface area contributed by atoms with Crippen LogP contribution < -0.4 is 5.73 Å². The zero-order valence-electron chi connectivity index (χ0n) is 33.0. The third kappa shape index (κ3) is 10.8. The number of carboxylic acids is 1. The highest BCUT2D eigenvalue weighted by Crippen LogP contribution is 2.31. The van der Waals surface area contributed by atoms with Crippen LogP contribution in [0.4, 0.5) is 17.6 Å². The first-order valence-electron chi connectivity index (χ1n) is 18.1. The molecular weight excluding hydrogens is 809 g/mol. The summed E-state index contributed by atoms with van der Waals surface area (Å²) in [6.45, 7) is 10.0. The average molecular weight is 851 g/mol. The molecule has 0 bridgehead atoms. The standard InChI is InChI=1S/C22H20ClF2N3O.C12H15FN2.C9H6ClFN2O2/c1-13(14-4-5-16(18(25)9-14)22(2,3)11-26)8-15(29)10-28-12-27-19-7-6-17(24)20(23)21(19)28;1-8(15)9-4-5-10(11(13)6-9)12(2,3)7-14;10-8-5(11)1-2-6-9(8)13(4-12-6)3-7(14)15/h4-7,9,12-13H,8,10H2,1-3H3;4-6,8H,15H2,1-3H3;1-2,4H,3H2,(H,14,15). The second-order valence-electron chi connectivity index (χ2n) is 15.0. The number of fused-ring (bicyclic) bond motifs is 2. The van der Waals surface area contributed by atoms with E-state index in [1.807, 2.05) is 6.92 Å². The van der Waals surface area contributed by atoms with Crippen molar-refractivity contribution in [2.75, 3.05) is 0 Å². The van der Waals surface area contributed by atoms with E-state index in [1.54, 1.807) is 58.9 Å². The fraction of sp³-hybridized carbons (Fsp3) is 0.302. The Hall–Kier alpha value is -5.80. The van der Waals surface area contributed by atoms with Crippen molar-refractivity contribution < 1.29 is 32.3 Å². The Balaban J connectivity index is 0.000000215. The molecule has 2 aromatic heterocycles. The monoisotopic (exact) mass is 849 g/mol. The maximum absolute atomic E-state index is 14.5. The van der Waals surface area contributed by atoms with Crippen LogP contribution in [0.5, 0.6) is 0 Å². The third-order valence-corrected chi connectivity index (χ3v) is 10.2. The molecule has 4 aromatic carbocycles. The number of carbonyl (C=O) groups excluding carboxylic acids is 1. The Morgan fingerprint density at radius 2 is 1.15 bits per heavy atom. The molecule has 10 nitrogen and oxygen atoms in total. The van der Waals surface area contributed by atoms with E-state index in [0.29, 0.717) is 38.8 Å². The first kappa shape index (κ1) is 45.9. The van der Waals surface area contributed by atoms with Gasteiger partial charge in [0, 0.05) is 23.6 Å². The summed E-state index contributed by atoms with van der Waals surface area (Å²) in [6.07, 6.45) is 2.95. The number of nitrogens with two attached hydrogens (primary N) is 1. The van der Waals surface area contributed by atoms with Gasteiger partial charge in [-0.3, -0.25) is 9.59 Å². The maximum atomic E-state index is 14.5. The van der Waals surface area contributed by atoms with Gasteiger partial charge in [-0.1, -0.05) is 54.4 Å². The third-order valence-electron chi connectivity index (χ3n) is 9.52. The Labute approximate surface area is 348 Å². The van der Waals surface area contributed by atoms with Crippen LogP contribution in [0.2, 0.25) is 10.0 Å². The van der Waals surface area contributed by atoms with Crippen LogP contribution in [-0.4, -0.2) is 36.0 Å². The topological polar surface area (TPSA) is 164 Å². The summed E-state index contributed by atoms with van der Waals surface area (Å²) in [7, 11) is 0. The van der Waals surface area contributed by atoms with Crippen molar-refractivity contribution in [3.63, 3.8) is 0 Å². The number of aromatic nitrogens is 4. The molecule has 2 unspecified atom stereocenters. The molecule has 0 spiro atoms. The molecule has 0 saturated carbocycles. The number of aliphatic carboxylic acids is 1. The van der Waals surface area contributed by atoms with E-state index in [4.69, 9.17) is 39.3 Å². The van der Waals surface area contributed by atoms with Crippen molar-refractivity contribution in [2.24, 2.45) is 5.73 Å². The molecule has 0 amide bonds. The number of ketones is 1. The van der Waals surface area contributed by atoms with Gasteiger partial charge in [-0.05, 0) is 88.1 Å². The lowest BCUT2D eigenvalue weighted by atomic mass is 9.84. The Morgan fingerprint density at radius 3 is 1.56 bits per heavy atom. The summed E-state index contributed by atoms with van der Waals surface area (Å²) in [5, 5.41) is 26.6. The minimum atomic E-state index is -1.03. The highest BCUT2D eigenvalue weighted by atomic mass is 35.5. The maximum Gasteiger partial charge on any atom is 0.323 e. The van der Waals surface area contributed by atoms with Crippen molar-refractivity contribution in [3.05, 3.63) is 129 Å². The zero-order valence-corrected chi connectivity index (χ0v) is 34.5. The van der Waals surface area contributed by atoms with E-state index in [-0.39, 0.29) is 53.1 Å². The second-order valence-corrected chi connectivity index (χ2v) is 15.7. The minimum Gasteiger partial charge on any atom is -0.480 e. The van der Waals surface area contributed by atoms with Gasteiger partial charge in [-0.2, -0.15) is 10.5 Å². The molecule has 0 aliphatic rings. The number of hydrogen-bond acceptors (Lipinski definition) is 7. The number of hydrogen-bond donors (Lipinski definition) is 2. The first-order chi connectivity index (χ1) is 27.6. The van der Waals surface area contributed by atoms with E-state index in [0.717, 1.165) is 5.56 Å². The molecule has 0 saturated heterocycles. The van der Waals surface area contributed by atoms with E-state index in [2.05, 4.69) is 22.1 Å². The van der Waals surface area contributed by atoms with Gasteiger partial charge in [0.1, 0.15) is 39.9 Å². The molecule has 308 valence electrons. The number of rotatable bonds is 10. The number of carboxylic acid groups (broad SMARTS) is 1. The summed E-state index contributed by atoms with van der Waals surface area (Å²) in [5.41, 5.74) is 7.72. The summed E-state index contributed by atoms with van der Waals surface area (Å²) >= 11 is 11.8. The van der Waals surface area contributed by atoms with Crippen molar-refractivity contribution in [1.82, 2.24) is 19.1 Å². The Kier molecular flexibility index (Phi) is 14.7. The molecule has 59 heavy (non-hydrogen) atoms. The molecule has 2 heterocycles. The van der Waals surface area contributed by atoms with Crippen molar-refractivity contribution in [2.45, 2.75) is 83.8 Å². The molecule has 0 aliphatic heterocycles. The highest BCUT2D eigenvalue weighted by molar-refractivity contribution is 6.35. The Morgan fingerprint density at radius 1 is 0.729 bits per heavy atom. The molecule has 3 N–H and O–H groups in total. The lowest BCUT2D eigenvalue weighted by molar-refractivity contribution is -0.137. The Bertz CT molecular complexity index is 2610. The van der Waals surface area contributed by atoms with Gasteiger partial charge in [-0.25, -0.2) is 27.5 Å². The van der Waals surface area contributed by atoms with Crippen LogP contribution in [0.3, 0.4) is 0 Å². The van der Waals surface area contributed by atoms with Crippen LogP contribution in [0, 0.1) is 45.9 Å². The van der Waals surface area contributed by atoms with Gasteiger partial charge >= 0.3 is 5.97 Å². The van der Waals surface area contributed by atoms with E-state index in [1.165, 1.54) is 58.2 Å². The van der Waals surface area contributed by atoms with Gasteiger partial charge in [0.25, 0.3) is 0 Å². The number of nitrogens with zero attached hydrogens (tertiary/aromatic N) is 6. The van der Waals surface area contributed by atoms with Crippen LogP contribution in [0.15, 0.2) is 73.3 Å². The van der Waals surface area contributed by atoms with E-state index >= 15 is 0 Å². The predicted molar refractivity (Wildman–Crippen MR) is 218 cm³/mol. The van der Waals surface area contributed by atoms with Crippen LogP contribution in [0.25, 0.3) is 22.1 Å². The van der Waals surface area contributed by atoms with Gasteiger partial charge in [0.15, 0.2) is 5.78 Å². The van der Waals surface area contributed by atoms with Gasteiger partial charge in [0.2, 0.25) is 0 Å². The summed E-state index contributed by atoms with van der Waals surface area (Å²) < 4.78 is 57.9. The van der Waals surface area contributed by atoms with Crippen LogP contribution in [0.1, 0.15) is 82.2 Å². The van der Waals surface area contributed by atoms with Crippen LogP contribution >= 0.6 is 23.2 Å². The number of carbonyl (C=O) groups is 2. The normalized spacial score (nSPS) is 12.4. The summed E-state index contributed by atoms with van der Waals surface area (Å²) in [4.78, 5) is 31.2. The fourth-order valence-corrected chi connectivity index (χ4v) is 6.62. The van der Waals surface area contributed by atoms with Crippen molar-refractivity contribution in [1.29, 1.82) is 10.5 Å². The zero-order chi connectivity index (χ0) is 44.0. The molecular formula is C43H41Cl2F4N7O3. The van der Waals surface area contributed by atoms with E-state index < -0.39 is 34.3 Å². The highest BCUT2D eigenvalue weighted by Gasteiger charge is 2.26. The van der Waals surface area contributed by atoms with Gasteiger partial charge in [-0.15, -0.1) is 0 Å². The summed E-state index contributed by atoms with van der Waals surface area (Å²) in [6, 6.07) is 18.9. The molecule has 0 radical (unpaired) electrons. The molecule has 2 atom stereocenters. The predicted octanol–water partition coefficient (Wildman–Crippen LogP) is 10.1. The number of benzene rings is 4. The molecule has 16 heteroatoms. The number of imidazole rings is 2. The number of halogens is 6. The quantitative estimate of drug-likeness (QED) is 0.129. The van der Waals surface area contributed by atoms with Gasteiger partial charge < -0.3 is 20.0 Å². The largest absolute Gasteiger partial charge is 0.480 e. The number of nitriles is 2. The minimum absolute atomic E-state index is 0.00789. The van der Waals surface area contributed by atoms with Crippen LogP contribution in [-0.2, 0) is 33.5 Å². The first-order valence-corrected chi connectivity index (χ1v) is 18.9. The smallest absolute Gasteiger partial charge is 0.323 e. The fourth-order valence-electron chi connectivity index (χ4n) is 6.08. The molecule has 6 rings (SSSR count). The molecule has 0 fully saturated rings. The molecule has 6 aromatic rings. The van der Waals surface area contributed by atoms with Crippen molar-refractivity contribution in [3.8, 4) is 12.1 Å². The number of Topliss-reactive ketones (excluding diaryl/α,β-unsaturated/α-hetero) is 1. The SMILES string of the molecule is CC(CC(=O)Cn1cnc2ccc(F)c(Cl)c21)c1ccc(C(C)(C)C#N)c(F)c1.CC(N)c1ccc(C(C)(C)C#N)c(F)c1.O=C(O)Cn1cnc2ccc(F)c(Cl)c21. The molecule has 0 aliphatic carbocycles. The lowest BCUT2D eigenvalue weighted by Gasteiger charge is -2.19. The lowest BCUT2D eigenvalue weighted by Crippen LogP contribution is -2.17. The van der Waals surface area contributed by atoms with Crippen molar-refractivity contribution >= 4 is 57.0 Å². The average Bonchev–Trinajstić information content (AvgIpc) is 3.78. The van der Waals surface area contributed by atoms with Gasteiger partial charge in [0.05, 0.1) is 64.2 Å².